The van der Waals surface area contributed by atoms with Crippen molar-refractivity contribution in [2.24, 2.45) is 0 Å². The molecule has 0 bridgehead atoms. The van der Waals surface area contributed by atoms with Gasteiger partial charge in [-0.05, 0) is 19.1 Å². The molecule has 0 saturated carbocycles. The predicted molar refractivity (Wildman–Crippen MR) is 62.3 cm³/mol. The van der Waals surface area contributed by atoms with Crippen LogP contribution in [0.1, 0.15) is 16.2 Å². The zero-order chi connectivity index (χ0) is 13.8. The molecule has 0 saturated heterocycles. The number of aromatic nitrogens is 1. The number of hydrogen-bond donors (Lipinski definition) is 1. The van der Waals surface area contributed by atoms with Crippen LogP contribution < -0.4 is 10.1 Å². The van der Waals surface area contributed by atoms with Gasteiger partial charge in [-0.25, -0.2) is 0 Å². The number of anilines is 1. The molecule has 0 fully saturated rings. The molecule has 19 heavy (non-hydrogen) atoms. The molecule has 7 heteroatoms. The lowest BCUT2D eigenvalue weighted by Gasteiger charge is -2.07. The topological polar surface area (TPSA) is 64.4 Å². The van der Waals surface area contributed by atoms with Gasteiger partial charge < -0.3 is 14.6 Å². The Kier molecular flexibility index (Phi) is 3.74. The van der Waals surface area contributed by atoms with Crippen LogP contribution in [0.5, 0.6) is 5.75 Å². The summed E-state index contributed by atoms with van der Waals surface area (Å²) >= 11 is 0. The lowest BCUT2D eigenvalue weighted by molar-refractivity contribution is -0.0497. The first-order valence-electron chi connectivity index (χ1n) is 5.34. The largest absolute Gasteiger partial charge is 0.435 e. The van der Waals surface area contributed by atoms with Gasteiger partial charge in [0, 0.05) is 17.8 Å². The van der Waals surface area contributed by atoms with Gasteiger partial charge in [-0.2, -0.15) is 8.78 Å². The fourth-order valence-electron chi connectivity index (χ4n) is 1.41. The first-order valence-corrected chi connectivity index (χ1v) is 5.34. The Balaban J connectivity index is 2.08. The molecule has 1 amide bonds. The SMILES string of the molecule is Cc1cc(C(=O)Nc2cccc(OC(F)F)c2)on1. The summed E-state index contributed by atoms with van der Waals surface area (Å²) in [5.41, 5.74) is 0.886. The lowest BCUT2D eigenvalue weighted by Crippen LogP contribution is -2.11. The third-order valence-electron chi connectivity index (χ3n) is 2.17. The van der Waals surface area contributed by atoms with Gasteiger partial charge in [0.1, 0.15) is 5.75 Å². The van der Waals surface area contributed by atoms with Crippen LogP contribution in [0.4, 0.5) is 14.5 Å². The molecule has 1 aromatic heterocycles. The van der Waals surface area contributed by atoms with Crippen molar-refractivity contribution in [3.8, 4) is 5.75 Å². The molecule has 1 N–H and O–H groups in total. The van der Waals surface area contributed by atoms with Crippen LogP contribution in [-0.2, 0) is 0 Å². The van der Waals surface area contributed by atoms with Crippen LogP contribution in [0.15, 0.2) is 34.9 Å². The molecule has 0 atom stereocenters. The summed E-state index contributed by atoms with van der Waals surface area (Å²) in [6, 6.07) is 7.14. The maximum absolute atomic E-state index is 12.0. The van der Waals surface area contributed by atoms with E-state index in [0.29, 0.717) is 11.4 Å². The molecule has 0 aliphatic carbocycles. The molecular formula is C12H10F2N2O3. The van der Waals surface area contributed by atoms with Crippen LogP contribution in [0.2, 0.25) is 0 Å². The summed E-state index contributed by atoms with van der Waals surface area (Å²) in [6.45, 7) is -1.24. The minimum atomic E-state index is -2.91. The van der Waals surface area contributed by atoms with E-state index in [0.717, 1.165) is 0 Å². The Morgan fingerprint density at radius 1 is 1.42 bits per heavy atom. The van der Waals surface area contributed by atoms with Gasteiger partial charge in [-0.1, -0.05) is 11.2 Å². The van der Waals surface area contributed by atoms with Gasteiger partial charge in [0.25, 0.3) is 5.91 Å². The molecule has 0 aliphatic rings. The van der Waals surface area contributed by atoms with E-state index in [4.69, 9.17) is 4.52 Å². The predicted octanol–water partition coefficient (Wildman–Crippen LogP) is 2.84. The minimum Gasteiger partial charge on any atom is -0.435 e. The Hall–Kier alpha value is -2.44. The van der Waals surface area contributed by atoms with Gasteiger partial charge in [0.15, 0.2) is 0 Å². The Labute approximate surface area is 107 Å². The third kappa shape index (κ3) is 3.51. The highest BCUT2D eigenvalue weighted by molar-refractivity contribution is 6.02. The molecule has 1 heterocycles. The molecule has 0 aliphatic heterocycles. The van der Waals surface area contributed by atoms with Crippen molar-refractivity contribution in [3.63, 3.8) is 0 Å². The molecule has 2 rings (SSSR count). The normalized spacial score (nSPS) is 10.5. The summed E-state index contributed by atoms with van der Waals surface area (Å²) in [5.74, 6) is -0.519. The maximum atomic E-state index is 12.0. The monoisotopic (exact) mass is 268 g/mol. The Morgan fingerprint density at radius 3 is 2.84 bits per heavy atom. The number of alkyl halides is 2. The van der Waals surface area contributed by atoms with Crippen LogP contribution in [-0.4, -0.2) is 17.7 Å². The van der Waals surface area contributed by atoms with E-state index in [2.05, 4.69) is 15.2 Å². The third-order valence-corrected chi connectivity index (χ3v) is 2.17. The summed E-state index contributed by atoms with van der Waals surface area (Å²) in [5, 5.41) is 6.06. The van der Waals surface area contributed by atoms with E-state index >= 15 is 0 Å². The highest BCUT2D eigenvalue weighted by Gasteiger charge is 2.12. The number of aryl methyl sites for hydroxylation is 1. The van der Waals surface area contributed by atoms with Crippen molar-refractivity contribution in [2.45, 2.75) is 13.5 Å². The standard InChI is InChI=1S/C12H10F2N2O3/c1-7-5-10(19-16-7)11(17)15-8-3-2-4-9(6-8)18-12(13)14/h2-6,12H,1H3,(H,15,17). The van der Waals surface area contributed by atoms with Crippen LogP contribution in [0.3, 0.4) is 0 Å². The van der Waals surface area contributed by atoms with Crippen LogP contribution >= 0.6 is 0 Å². The number of halogens is 2. The van der Waals surface area contributed by atoms with Crippen molar-refractivity contribution < 1.29 is 22.8 Å². The van der Waals surface area contributed by atoms with Crippen molar-refractivity contribution in [1.82, 2.24) is 5.16 Å². The smallest absolute Gasteiger partial charge is 0.387 e. The van der Waals surface area contributed by atoms with Crippen molar-refractivity contribution in [2.75, 3.05) is 5.32 Å². The lowest BCUT2D eigenvalue weighted by atomic mass is 10.3. The van der Waals surface area contributed by atoms with E-state index < -0.39 is 12.5 Å². The first kappa shape index (κ1) is 13.0. The number of ether oxygens (including phenoxy) is 1. The minimum absolute atomic E-state index is 0.0395. The molecule has 0 spiro atoms. The van der Waals surface area contributed by atoms with Gasteiger partial charge in [0.2, 0.25) is 5.76 Å². The second kappa shape index (κ2) is 5.47. The summed E-state index contributed by atoms with van der Waals surface area (Å²) in [6.07, 6.45) is 0. The number of hydrogen-bond acceptors (Lipinski definition) is 4. The van der Waals surface area contributed by atoms with Crippen LogP contribution in [0, 0.1) is 6.92 Å². The number of nitrogens with zero attached hydrogens (tertiary/aromatic N) is 1. The molecule has 5 nitrogen and oxygen atoms in total. The van der Waals surface area contributed by atoms with E-state index in [1.165, 1.54) is 24.3 Å². The summed E-state index contributed by atoms with van der Waals surface area (Å²) in [7, 11) is 0. The second-order valence-electron chi connectivity index (χ2n) is 3.69. The maximum Gasteiger partial charge on any atom is 0.387 e. The zero-order valence-electron chi connectivity index (χ0n) is 9.89. The zero-order valence-corrected chi connectivity index (χ0v) is 9.89. The number of carbonyl (C=O) groups excluding carboxylic acids is 1. The molecule has 0 radical (unpaired) electrons. The molecule has 1 aromatic carbocycles. The Morgan fingerprint density at radius 2 is 2.21 bits per heavy atom. The summed E-state index contributed by atoms with van der Waals surface area (Å²) in [4.78, 5) is 11.7. The highest BCUT2D eigenvalue weighted by atomic mass is 19.3. The number of nitrogens with one attached hydrogen (secondary N) is 1. The van der Waals surface area contributed by atoms with Gasteiger partial charge in [-0.3, -0.25) is 4.79 Å². The molecule has 100 valence electrons. The fourth-order valence-corrected chi connectivity index (χ4v) is 1.41. The van der Waals surface area contributed by atoms with E-state index in [-0.39, 0.29) is 11.5 Å². The van der Waals surface area contributed by atoms with E-state index in [9.17, 15) is 13.6 Å². The summed E-state index contributed by atoms with van der Waals surface area (Å²) < 4.78 is 33.1. The average Bonchev–Trinajstić information content (AvgIpc) is 2.75. The molecule has 0 unspecified atom stereocenters. The Bertz CT molecular complexity index is 584. The average molecular weight is 268 g/mol. The number of amides is 1. The quantitative estimate of drug-likeness (QED) is 0.926. The van der Waals surface area contributed by atoms with E-state index in [1.54, 1.807) is 13.0 Å². The number of benzene rings is 1. The number of carbonyl (C=O) groups is 1. The van der Waals surface area contributed by atoms with Crippen LogP contribution in [0.25, 0.3) is 0 Å². The van der Waals surface area contributed by atoms with Gasteiger partial charge >= 0.3 is 6.61 Å². The molecular weight excluding hydrogens is 258 g/mol. The van der Waals surface area contributed by atoms with Crippen molar-refractivity contribution in [3.05, 3.63) is 41.8 Å². The van der Waals surface area contributed by atoms with Gasteiger partial charge in [-0.15, -0.1) is 0 Å². The number of rotatable bonds is 4. The second-order valence-corrected chi connectivity index (χ2v) is 3.69. The molecule has 2 aromatic rings. The van der Waals surface area contributed by atoms with Crippen molar-refractivity contribution in [1.29, 1.82) is 0 Å². The van der Waals surface area contributed by atoms with Crippen molar-refractivity contribution >= 4 is 11.6 Å². The van der Waals surface area contributed by atoms with E-state index in [1.807, 2.05) is 0 Å². The van der Waals surface area contributed by atoms with Gasteiger partial charge in [0.05, 0.1) is 5.69 Å². The first-order chi connectivity index (χ1) is 9.04. The highest BCUT2D eigenvalue weighted by Crippen LogP contribution is 2.19. The fraction of sp³-hybridized carbons (Fsp3) is 0.167.